The molecule has 98 valence electrons. The first-order valence-corrected chi connectivity index (χ1v) is 6.09. The normalized spacial score (nSPS) is 19.9. The third-order valence-electron chi connectivity index (χ3n) is 3.41. The Morgan fingerprint density at radius 2 is 1.88 bits per heavy atom. The van der Waals surface area contributed by atoms with Crippen LogP contribution in [0.1, 0.15) is 45.4 Å². The smallest absolute Gasteiger partial charge is 0.303 e. The van der Waals surface area contributed by atoms with Crippen molar-refractivity contribution < 1.29 is 19.8 Å². The van der Waals surface area contributed by atoms with Crippen LogP contribution in [0.25, 0.3) is 0 Å². The second-order valence-corrected chi connectivity index (χ2v) is 5.11. The van der Waals surface area contributed by atoms with Crippen molar-refractivity contribution in [3.63, 3.8) is 0 Å². The maximum atomic E-state index is 11.7. The summed E-state index contributed by atoms with van der Waals surface area (Å²) in [6.07, 6.45) is 3.92. The molecule has 1 unspecified atom stereocenters. The number of amides is 1. The first-order chi connectivity index (χ1) is 7.97. The summed E-state index contributed by atoms with van der Waals surface area (Å²) in [7, 11) is 0. The Morgan fingerprint density at radius 3 is 2.35 bits per heavy atom. The predicted molar refractivity (Wildman–Crippen MR) is 62.5 cm³/mol. The van der Waals surface area contributed by atoms with E-state index >= 15 is 0 Å². The van der Waals surface area contributed by atoms with Gasteiger partial charge < -0.3 is 15.5 Å². The zero-order valence-electron chi connectivity index (χ0n) is 10.2. The second kappa shape index (κ2) is 6.00. The molecule has 0 aromatic heterocycles. The summed E-state index contributed by atoms with van der Waals surface area (Å²) in [5.41, 5.74) is -0.370. The highest BCUT2D eigenvalue weighted by Gasteiger charge is 2.38. The average Bonchev–Trinajstić information content (AvgIpc) is 2.64. The molecule has 1 aliphatic rings. The van der Waals surface area contributed by atoms with Gasteiger partial charge in [0.25, 0.3) is 0 Å². The summed E-state index contributed by atoms with van der Waals surface area (Å²) < 4.78 is 0. The maximum absolute atomic E-state index is 11.7. The van der Waals surface area contributed by atoms with Gasteiger partial charge in [-0.05, 0) is 25.2 Å². The van der Waals surface area contributed by atoms with Crippen molar-refractivity contribution in [2.75, 3.05) is 6.61 Å². The standard InChI is InChI=1S/C12H21NO4/c1-9(8-14)13-10(15)6-12(7-11(16)17)4-2-3-5-12/h9,14H,2-8H2,1H3,(H,13,15)(H,16,17). The Kier molecular flexibility index (Phi) is 4.93. The highest BCUT2D eigenvalue weighted by Crippen LogP contribution is 2.43. The highest BCUT2D eigenvalue weighted by atomic mass is 16.4. The molecule has 1 aliphatic carbocycles. The van der Waals surface area contributed by atoms with Crippen molar-refractivity contribution in [3.8, 4) is 0 Å². The molecule has 1 atom stereocenters. The Labute approximate surface area is 101 Å². The molecule has 0 bridgehead atoms. The van der Waals surface area contributed by atoms with Gasteiger partial charge in [-0.15, -0.1) is 0 Å². The summed E-state index contributed by atoms with van der Waals surface area (Å²) in [6.45, 7) is 1.62. The number of hydrogen-bond acceptors (Lipinski definition) is 3. The molecule has 0 spiro atoms. The van der Waals surface area contributed by atoms with Crippen LogP contribution in [-0.4, -0.2) is 34.7 Å². The number of carbonyl (C=O) groups is 2. The molecular formula is C12H21NO4. The van der Waals surface area contributed by atoms with Crippen LogP contribution in [0.4, 0.5) is 0 Å². The van der Waals surface area contributed by atoms with E-state index in [2.05, 4.69) is 5.32 Å². The first-order valence-electron chi connectivity index (χ1n) is 6.09. The van der Waals surface area contributed by atoms with E-state index in [1.165, 1.54) is 0 Å². The van der Waals surface area contributed by atoms with Gasteiger partial charge >= 0.3 is 5.97 Å². The van der Waals surface area contributed by atoms with Crippen LogP contribution in [0.3, 0.4) is 0 Å². The van der Waals surface area contributed by atoms with Gasteiger partial charge in [0.05, 0.1) is 13.0 Å². The summed E-state index contributed by atoms with van der Waals surface area (Å²) >= 11 is 0. The van der Waals surface area contributed by atoms with Gasteiger partial charge in [0.15, 0.2) is 0 Å². The fourth-order valence-electron chi connectivity index (χ4n) is 2.57. The number of carboxylic acid groups (broad SMARTS) is 1. The van der Waals surface area contributed by atoms with Gasteiger partial charge in [0.1, 0.15) is 0 Å². The lowest BCUT2D eigenvalue weighted by Gasteiger charge is -2.27. The Morgan fingerprint density at radius 1 is 1.29 bits per heavy atom. The molecule has 0 heterocycles. The molecule has 1 fully saturated rings. The number of nitrogens with one attached hydrogen (secondary N) is 1. The van der Waals surface area contributed by atoms with Crippen molar-refractivity contribution >= 4 is 11.9 Å². The molecule has 0 aliphatic heterocycles. The number of carboxylic acids is 1. The van der Waals surface area contributed by atoms with E-state index in [9.17, 15) is 9.59 Å². The lowest BCUT2D eigenvalue weighted by Crippen LogP contribution is -2.38. The van der Waals surface area contributed by atoms with Crippen molar-refractivity contribution in [1.29, 1.82) is 0 Å². The van der Waals surface area contributed by atoms with Crippen LogP contribution in [-0.2, 0) is 9.59 Å². The third kappa shape index (κ3) is 4.34. The molecule has 17 heavy (non-hydrogen) atoms. The van der Waals surface area contributed by atoms with Gasteiger partial charge in [-0.3, -0.25) is 9.59 Å². The van der Waals surface area contributed by atoms with E-state index in [4.69, 9.17) is 10.2 Å². The van der Waals surface area contributed by atoms with Crippen molar-refractivity contribution in [2.24, 2.45) is 5.41 Å². The fraction of sp³-hybridized carbons (Fsp3) is 0.833. The minimum atomic E-state index is -0.838. The molecule has 5 heteroatoms. The highest BCUT2D eigenvalue weighted by molar-refractivity contribution is 5.78. The minimum absolute atomic E-state index is 0.0634. The lowest BCUT2D eigenvalue weighted by molar-refractivity contribution is -0.140. The second-order valence-electron chi connectivity index (χ2n) is 5.11. The molecule has 3 N–H and O–H groups in total. The third-order valence-corrected chi connectivity index (χ3v) is 3.41. The van der Waals surface area contributed by atoms with E-state index in [1.54, 1.807) is 6.92 Å². The van der Waals surface area contributed by atoms with Gasteiger partial charge in [-0.25, -0.2) is 0 Å². The Bertz CT molecular complexity index is 284. The molecule has 0 aromatic carbocycles. The molecule has 1 amide bonds. The van der Waals surface area contributed by atoms with Gasteiger partial charge in [0.2, 0.25) is 5.91 Å². The van der Waals surface area contributed by atoms with Gasteiger partial charge in [0, 0.05) is 12.5 Å². The number of hydrogen-bond donors (Lipinski definition) is 3. The van der Waals surface area contributed by atoms with Gasteiger partial charge in [-0.2, -0.15) is 0 Å². The number of carbonyl (C=O) groups excluding carboxylic acids is 1. The van der Waals surface area contributed by atoms with Crippen LogP contribution < -0.4 is 5.32 Å². The molecule has 5 nitrogen and oxygen atoms in total. The fourth-order valence-corrected chi connectivity index (χ4v) is 2.57. The summed E-state index contributed by atoms with van der Waals surface area (Å²) in [4.78, 5) is 22.6. The van der Waals surface area contributed by atoms with Crippen molar-refractivity contribution in [2.45, 2.75) is 51.5 Å². The van der Waals surface area contributed by atoms with E-state index in [-0.39, 0.29) is 36.8 Å². The van der Waals surface area contributed by atoms with Crippen molar-refractivity contribution in [1.82, 2.24) is 5.32 Å². The lowest BCUT2D eigenvalue weighted by atomic mass is 9.79. The van der Waals surface area contributed by atoms with Crippen LogP contribution in [0.2, 0.25) is 0 Å². The van der Waals surface area contributed by atoms with Crippen LogP contribution in [0, 0.1) is 5.41 Å². The topological polar surface area (TPSA) is 86.6 Å². The molecule has 0 radical (unpaired) electrons. The molecular weight excluding hydrogens is 222 g/mol. The predicted octanol–water partition coefficient (Wildman–Crippen LogP) is 0.909. The molecule has 0 aromatic rings. The monoisotopic (exact) mass is 243 g/mol. The number of aliphatic hydroxyl groups excluding tert-OH is 1. The van der Waals surface area contributed by atoms with Crippen LogP contribution in [0.15, 0.2) is 0 Å². The van der Waals surface area contributed by atoms with E-state index in [0.717, 1.165) is 25.7 Å². The van der Waals surface area contributed by atoms with E-state index in [1.807, 2.05) is 0 Å². The molecule has 0 saturated heterocycles. The first kappa shape index (κ1) is 14.0. The van der Waals surface area contributed by atoms with Crippen molar-refractivity contribution in [3.05, 3.63) is 0 Å². The summed E-state index contributed by atoms with van der Waals surface area (Å²) in [5, 5.41) is 20.4. The Balaban J connectivity index is 2.54. The Hall–Kier alpha value is -1.10. The zero-order valence-corrected chi connectivity index (χ0v) is 10.2. The van der Waals surface area contributed by atoms with Gasteiger partial charge in [-0.1, -0.05) is 12.8 Å². The maximum Gasteiger partial charge on any atom is 0.303 e. The number of aliphatic hydroxyl groups is 1. The number of rotatable bonds is 6. The quantitative estimate of drug-likeness (QED) is 0.647. The molecule has 1 saturated carbocycles. The largest absolute Gasteiger partial charge is 0.481 e. The summed E-state index contributed by atoms with van der Waals surface area (Å²) in [5.74, 6) is -0.996. The SMILES string of the molecule is CC(CO)NC(=O)CC1(CC(=O)O)CCCC1. The van der Waals surface area contributed by atoms with Crippen LogP contribution in [0.5, 0.6) is 0 Å². The molecule has 1 rings (SSSR count). The zero-order chi connectivity index (χ0) is 12.9. The summed E-state index contributed by atoms with van der Waals surface area (Å²) in [6, 6.07) is -0.272. The number of aliphatic carboxylic acids is 1. The van der Waals surface area contributed by atoms with Crippen LogP contribution >= 0.6 is 0 Å². The van der Waals surface area contributed by atoms with E-state index in [0.29, 0.717) is 0 Å². The van der Waals surface area contributed by atoms with E-state index < -0.39 is 5.97 Å². The minimum Gasteiger partial charge on any atom is -0.481 e. The average molecular weight is 243 g/mol.